The molecular formula is C10H19N3O3. The van der Waals surface area contributed by atoms with Crippen molar-refractivity contribution in [1.29, 1.82) is 0 Å². The van der Waals surface area contributed by atoms with Crippen LogP contribution < -0.4 is 16.0 Å². The number of urea groups is 2. The van der Waals surface area contributed by atoms with E-state index in [2.05, 4.69) is 10.6 Å². The van der Waals surface area contributed by atoms with Gasteiger partial charge in [0.2, 0.25) is 5.91 Å². The van der Waals surface area contributed by atoms with Crippen molar-refractivity contribution in [3.05, 3.63) is 0 Å². The van der Waals surface area contributed by atoms with Crippen molar-refractivity contribution in [2.75, 3.05) is 6.54 Å². The van der Waals surface area contributed by atoms with Gasteiger partial charge in [0.05, 0.1) is 0 Å². The van der Waals surface area contributed by atoms with E-state index in [1.54, 1.807) is 6.92 Å². The Morgan fingerprint density at radius 3 is 1.94 bits per heavy atom. The third kappa shape index (κ3) is 5.33. The molecule has 0 aromatic carbocycles. The summed E-state index contributed by atoms with van der Waals surface area (Å²) in [5.41, 5.74) is 0. The third-order valence-electron chi connectivity index (χ3n) is 2.16. The van der Waals surface area contributed by atoms with E-state index in [1.165, 1.54) is 0 Å². The van der Waals surface area contributed by atoms with Crippen molar-refractivity contribution >= 4 is 18.0 Å². The molecule has 0 rings (SSSR count). The zero-order chi connectivity index (χ0) is 12.6. The van der Waals surface area contributed by atoms with Crippen molar-refractivity contribution in [3.8, 4) is 0 Å². The molecule has 0 heterocycles. The monoisotopic (exact) mass is 229 g/mol. The second kappa shape index (κ2) is 7.67. The molecule has 3 N–H and O–H groups in total. The fourth-order valence-corrected chi connectivity index (χ4v) is 1.21. The molecule has 0 saturated heterocycles. The van der Waals surface area contributed by atoms with Crippen LogP contribution in [0, 0.1) is 5.92 Å². The Morgan fingerprint density at radius 1 is 0.938 bits per heavy atom. The summed E-state index contributed by atoms with van der Waals surface area (Å²) in [4.78, 5) is 33.6. The Hall–Kier alpha value is -1.59. The molecule has 0 saturated carbocycles. The Balaban J connectivity index is 4.04. The molecule has 0 aromatic rings. The van der Waals surface area contributed by atoms with Gasteiger partial charge in [-0.3, -0.25) is 15.4 Å². The molecule has 0 aliphatic rings. The number of hydrogen-bond acceptors (Lipinski definition) is 3. The van der Waals surface area contributed by atoms with Crippen molar-refractivity contribution in [2.45, 2.75) is 33.6 Å². The molecule has 0 bridgehead atoms. The molecule has 5 amide bonds. The van der Waals surface area contributed by atoms with E-state index in [4.69, 9.17) is 0 Å². The summed E-state index contributed by atoms with van der Waals surface area (Å²) < 4.78 is 0. The quantitative estimate of drug-likeness (QED) is 0.671. The van der Waals surface area contributed by atoms with E-state index in [9.17, 15) is 14.4 Å². The van der Waals surface area contributed by atoms with Gasteiger partial charge in [-0.05, 0) is 19.8 Å². The van der Waals surface area contributed by atoms with Crippen LogP contribution in [0.1, 0.15) is 33.6 Å². The Bertz CT molecular complexity index is 262. The van der Waals surface area contributed by atoms with E-state index < -0.39 is 12.1 Å². The van der Waals surface area contributed by atoms with Gasteiger partial charge < -0.3 is 5.32 Å². The maximum Gasteiger partial charge on any atom is 0.329 e. The third-order valence-corrected chi connectivity index (χ3v) is 2.16. The van der Waals surface area contributed by atoms with Gasteiger partial charge in [0, 0.05) is 12.5 Å². The largest absolute Gasteiger partial charge is 0.338 e. The number of carbonyl (C=O) groups is 3. The Labute approximate surface area is 95.2 Å². The molecule has 0 atom stereocenters. The summed E-state index contributed by atoms with van der Waals surface area (Å²) in [5, 5.41) is 6.50. The molecule has 92 valence electrons. The highest BCUT2D eigenvalue weighted by Crippen LogP contribution is 2.06. The summed E-state index contributed by atoms with van der Waals surface area (Å²) in [7, 11) is 0. The predicted octanol–water partition coefficient (Wildman–Crippen LogP) is 0.978. The zero-order valence-electron chi connectivity index (χ0n) is 9.92. The Morgan fingerprint density at radius 2 is 1.50 bits per heavy atom. The number of imide groups is 2. The molecular weight excluding hydrogens is 210 g/mol. The van der Waals surface area contributed by atoms with Crippen molar-refractivity contribution in [3.63, 3.8) is 0 Å². The minimum absolute atomic E-state index is 0.194. The topological polar surface area (TPSA) is 87.3 Å². The molecule has 6 nitrogen and oxygen atoms in total. The number of nitrogens with one attached hydrogen (secondary N) is 3. The fourth-order valence-electron chi connectivity index (χ4n) is 1.21. The summed E-state index contributed by atoms with van der Waals surface area (Å²) in [5.74, 6) is -0.549. The van der Waals surface area contributed by atoms with Crippen LogP contribution >= 0.6 is 0 Å². The van der Waals surface area contributed by atoms with Crippen molar-refractivity contribution in [1.82, 2.24) is 16.0 Å². The van der Waals surface area contributed by atoms with Gasteiger partial charge in [0.25, 0.3) is 0 Å². The van der Waals surface area contributed by atoms with Gasteiger partial charge >= 0.3 is 12.1 Å². The van der Waals surface area contributed by atoms with Gasteiger partial charge in [0.15, 0.2) is 0 Å². The van der Waals surface area contributed by atoms with Crippen LogP contribution in [0.3, 0.4) is 0 Å². The first-order valence-corrected chi connectivity index (χ1v) is 5.44. The van der Waals surface area contributed by atoms with Crippen LogP contribution in [0.4, 0.5) is 9.59 Å². The SMILES string of the molecule is CCNC(=O)NC(=O)NC(=O)C(CC)CC. The zero-order valence-corrected chi connectivity index (χ0v) is 9.92. The number of amides is 5. The first kappa shape index (κ1) is 14.4. The van der Waals surface area contributed by atoms with Crippen LogP contribution in [0.5, 0.6) is 0 Å². The maximum atomic E-state index is 11.5. The standard InChI is InChI=1S/C10H19N3O3/c1-4-7(5-2)8(14)12-10(16)13-9(15)11-6-3/h7H,4-6H2,1-3H3,(H3,11,12,13,14,15,16). The lowest BCUT2D eigenvalue weighted by atomic mass is 10.0. The van der Waals surface area contributed by atoms with E-state index in [0.29, 0.717) is 19.4 Å². The van der Waals surface area contributed by atoms with Gasteiger partial charge in [0.1, 0.15) is 0 Å². The summed E-state index contributed by atoms with van der Waals surface area (Å²) in [6.07, 6.45) is 1.33. The Kier molecular flexibility index (Phi) is 6.91. The summed E-state index contributed by atoms with van der Waals surface area (Å²) in [6.45, 7) is 5.89. The second-order valence-electron chi connectivity index (χ2n) is 3.32. The molecule has 0 aliphatic carbocycles. The predicted molar refractivity (Wildman–Crippen MR) is 59.8 cm³/mol. The van der Waals surface area contributed by atoms with E-state index in [0.717, 1.165) is 0 Å². The lowest BCUT2D eigenvalue weighted by Gasteiger charge is -2.11. The van der Waals surface area contributed by atoms with Gasteiger partial charge in [-0.1, -0.05) is 13.8 Å². The normalized spacial score (nSPS) is 9.75. The molecule has 6 heteroatoms. The smallest absolute Gasteiger partial charge is 0.329 e. The fraction of sp³-hybridized carbons (Fsp3) is 0.700. The molecule has 0 spiro atoms. The summed E-state index contributed by atoms with van der Waals surface area (Å²) >= 11 is 0. The van der Waals surface area contributed by atoms with Gasteiger partial charge in [-0.2, -0.15) is 0 Å². The summed E-state index contributed by atoms with van der Waals surface area (Å²) in [6, 6.07) is -1.40. The highest BCUT2D eigenvalue weighted by molar-refractivity contribution is 6.02. The minimum Gasteiger partial charge on any atom is -0.338 e. The highest BCUT2D eigenvalue weighted by Gasteiger charge is 2.17. The first-order chi connectivity index (χ1) is 7.54. The van der Waals surface area contributed by atoms with E-state index >= 15 is 0 Å². The number of carbonyl (C=O) groups excluding carboxylic acids is 3. The molecule has 0 aliphatic heterocycles. The van der Waals surface area contributed by atoms with Gasteiger partial charge in [-0.15, -0.1) is 0 Å². The first-order valence-electron chi connectivity index (χ1n) is 5.44. The molecule has 0 radical (unpaired) electrons. The van der Waals surface area contributed by atoms with Crippen LogP contribution in [0.15, 0.2) is 0 Å². The average Bonchev–Trinajstić information content (AvgIpc) is 2.19. The highest BCUT2D eigenvalue weighted by atomic mass is 16.2. The van der Waals surface area contributed by atoms with Crippen LogP contribution in [-0.4, -0.2) is 24.5 Å². The lowest BCUT2D eigenvalue weighted by molar-refractivity contribution is -0.124. The van der Waals surface area contributed by atoms with Crippen LogP contribution in [-0.2, 0) is 4.79 Å². The number of hydrogen-bond donors (Lipinski definition) is 3. The molecule has 16 heavy (non-hydrogen) atoms. The molecule has 0 fully saturated rings. The average molecular weight is 229 g/mol. The second-order valence-corrected chi connectivity index (χ2v) is 3.32. The van der Waals surface area contributed by atoms with Crippen molar-refractivity contribution in [2.24, 2.45) is 5.92 Å². The van der Waals surface area contributed by atoms with Gasteiger partial charge in [-0.25, -0.2) is 9.59 Å². The van der Waals surface area contributed by atoms with E-state index in [1.807, 2.05) is 19.2 Å². The number of rotatable bonds is 4. The molecule has 0 aromatic heterocycles. The van der Waals surface area contributed by atoms with Crippen LogP contribution in [0.2, 0.25) is 0 Å². The minimum atomic E-state index is -0.789. The maximum absolute atomic E-state index is 11.5. The lowest BCUT2D eigenvalue weighted by Crippen LogP contribution is -2.48. The van der Waals surface area contributed by atoms with Crippen LogP contribution in [0.25, 0.3) is 0 Å². The van der Waals surface area contributed by atoms with Crippen molar-refractivity contribution < 1.29 is 14.4 Å². The molecule has 0 unspecified atom stereocenters. The van der Waals surface area contributed by atoms with E-state index in [-0.39, 0.29) is 11.8 Å².